The number of nitrogens with one attached hydrogen (secondary N) is 1. The Kier molecular flexibility index (Phi) is 7.84. The minimum Gasteiger partial charge on any atom is -0.366 e. The Morgan fingerprint density at radius 1 is 1.25 bits per heavy atom. The average Bonchev–Trinajstić information content (AvgIpc) is 2.79. The molecule has 0 aromatic carbocycles. The Bertz CT molecular complexity index is 460. The molecule has 20 heavy (non-hydrogen) atoms. The number of carbonyl (C=O) groups is 2. The second kappa shape index (κ2) is 9.13. The van der Waals surface area contributed by atoms with Gasteiger partial charge in [-0.3, -0.25) is 9.59 Å². The van der Waals surface area contributed by atoms with Gasteiger partial charge in [-0.15, -0.1) is 11.3 Å². The third kappa shape index (κ3) is 5.25. The molecule has 0 spiro atoms. The van der Waals surface area contributed by atoms with E-state index in [9.17, 15) is 9.59 Å². The van der Waals surface area contributed by atoms with Gasteiger partial charge in [0.1, 0.15) is 0 Å². The second-order valence-corrected chi connectivity index (χ2v) is 6.88. The molecule has 0 unspecified atom stereocenters. The Labute approximate surface area is 132 Å². The summed E-state index contributed by atoms with van der Waals surface area (Å²) >= 11 is 4.58. The lowest BCUT2D eigenvalue weighted by atomic mass is 10.1. The summed E-state index contributed by atoms with van der Waals surface area (Å²) in [4.78, 5) is 23.3. The van der Waals surface area contributed by atoms with Crippen LogP contribution in [0, 0.1) is 0 Å². The van der Waals surface area contributed by atoms with E-state index in [-0.39, 0.29) is 11.5 Å². The first-order valence-corrected chi connectivity index (χ1v) is 8.60. The molecule has 1 rings (SSSR count). The van der Waals surface area contributed by atoms with E-state index in [1.54, 1.807) is 5.38 Å². The molecule has 0 aliphatic heterocycles. The van der Waals surface area contributed by atoms with Crippen molar-refractivity contribution in [2.45, 2.75) is 45.4 Å². The van der Waals surface area contributed by atoms with E-state index < -0.39 is 5.91 Å². The van der Waals surface area contributed by atoms with Gasteiger partial charge in [0.15, 0.2) is 0 Å². The van der Waals surface area contributed by atoms with Crippen LogP contribution in [0.4, 0.5) is 0 Å². The van der Waals surface area contributed by atoms with E-state index in [1.807, 2.05) is 0 Å². The molecule has 0 saturated carbocycles. The number of nitrogens with two attached hydrogens (primary N) is 1. The summed E-state index contributed by atoms with van der Waals surface area (Å²) in [5.41, 5.74) is 5.89. The van der Waals surface area contributed by atoms with Crippen LogP contribution in [0.2, 0.25) is 0 Å². The van der Waals surface area contributed by atoms with Crippen LogP contribution >= 0.6 is 27.3 Å². The van der Waals surface area contributed by atoms with Crippen LogP contribution in [0.25, 0.3) is 0 Å². The van der Waals surface area contributed by atoms with Crippen molar-refractivity contribution in [3.63, 3.8) is 0 Å². The third-order valence-corrected chi connectivity index (χ3v) is 4.78. The van der Waals surface area contributed by atoms with E-state index in [0.29, 0.717) is 15.9 Å². The summed E-state index contributed by atoms with van der Waals surface area (Å²) < 4.78 is 0.645. The predicted molar refractivity (Wildman–Crippen MR) is 86.2 cm³/mol. The number of halogens is 1. The van der Waals surface area contributed by atoms with Gasteiger partial charge in [0.2, 0.25) is 5.91 Å². The maximum absolute atomic E-state index is 12.0. The standard InChI is InChI=1S/C14H21BrN2O2S/c1-2-3-4-5-6-7-8-17-14(19)11-10(13(16)18)9-20-12(11)15/h9H,2-8H2,1H3,(H2,16,18)(H,17,19). The second-order valence-electron chi connectivity index (χ2n) is 4.69. The molecule has 0 bridgehead atoms. The quantitative estimate of drug-likeness (QED) is 0.659. The minimum atomic E-state index is -0.573. The number of amides is 2. The molecule has 0 saturated heterocycles. The summed E-state index contributed by atoms with van der Waals surface area (Å²) in [7, 11) is 0. The van der Waals surface area contributed by atoms with Gasteiger partial charge in [-0.05, 0) is 22.4 Å². The molecule has 1 aromatic rings. The van der Waals surface area contributed by atoms with Crippen molar-refractivity contribution in [3.05, 3.63) is 20.3 Å². The minimum absolute atomic E-state index is 0.236. The van der Waals surface area contributed by atoms with Crippen LogP contribution in [-0.4, -0.2) is 18.4 Å². The van der Waals surface area contributed by atoms with Crippen molar-refractivity contribution >= 4 is 39.1 Å². The Hall–Kier alpha value is -0.880. The molecule has 6 heteroatoms. The zero-order valence-electron chi connectivity index (χ0n) is 11.7. The van der Waals surface area contributed by atoms with Gasteiger partial charge in [0.05, 0.1) is 14.9 Å². The van der Waals surface area contributed by atoms with E-state index >= 15 is 0 Å². The van der Waals surface area contributed by atoms with Crippen LogP contribution in [0.1, 0.15) is 66.2 Å². The number of hydrogen-bond donors (Lipinski definition) is 2. The molecule has 2 amide bonds. The lowest BCUT2D eigenvalue weighted by Crippen LogP contribution is -2.27. The fourth-order valence-corrected chi connectivity index (χ4v) is 3.37. The highest BCUT2D eigenvalue weighted by Crippen LogP contribution is 2.27. The molecule has 1 aromatic heterocycles. The zero-order valence-corrected chi connectivity index (χ0v) is 14.1. The molecule has 112 valence electrons. The molecule has 0 radical (unpaired) electrons. The highest BCUT2D eigenvalue weighted by molar-refractivity contribution is 9.11. The van der Waals surface area contributed by atoms with Gasteiger partial charge in [0.25, 0.3) is 5.91 Å². The van der Waals surface area contributed by atoms with Gasteiger partial charge >= 0.3 is 0 Å². The molecular weight excluding hydrogens is 340 g/mol. The largest absolute Gasteiger partial charge is 0.366 e. The van der Waals surface area contributed by atoms with Gasteiger partial charge in [0, 0.05) is 11.9 Å². The van der Waals surface area contributed by atoms with Crippen molar-refractivity contribution in [1.29, 1.82) is 0 Å². The van der Waals surface area contributed by atoms with Crippen molar-refractivity contribution in [2.24, 2.45) is 5.73 Å². The van der Waals surface area contributed by atoms with E-state index in [0.717, 1.165) is 12.8 Å². The molecule has 0 atom stereocenters. The SMILES string of the molecule is CCCCCCCCNC(=O)c1c(C(N)=O)csc1Br. The topological polar surface area (TPSA) is 72.2 Å². The van der Waals surface area contributed by atoms with Crippen LogP contribution in [0.5, 0.6) is 0 Å². The van der Waals surface area contributed by atoms with Crippen LogP contribution in [-0.2, 0) is 0 Å². The summed E-state index contributed by atoms with van der Waals surface area (Å²) in [5.74, 6) is -0.808. The average molecular weight is 361 g/mol. The first-order valence-electron chi connectivity index (χ1n) is 6.93. The number of hydrogen-bond acceptors (Lipinski definition) is 3. The van der Waals surface area contributed by atoms with Gasteiger partial charge in [-0.1, -0.05) is 39.0 Å². The van der Waals surface area contributed by atoms with Crippen molar-refractivity contribution in [2.75, 3.05) is 6.54 Å². The summed E-state index contributed by atoms with van der Waals surface area (Å²) in [6.45, 7) is 2.82. The van der Waals surface area contributed by atoms with E-state index in [1.165, 1.54) is 37.0 Å². The van der Waals surface area contributed by atoms with Gasteiger partial charge in [-0.2, -0.15) is 0 Å². The fraction of sp³-hybridized carbons (Fsp3) is 0.571. The van der Waals surface area contributed by atoms with Gasteiger partial charge < -0.3 is 11.1 Å². The first kappa shape index (κ1) is 17.2. The van der Waals surface area contributed by atoms with Crippen molar-refractivity contribution in [3.8, 4) is 0 Å². The van der Waals surface area contributed by atoms with Crippen LogP contribution < -0.4 is 11.1 Å². The summed E-state index contributed by atoms with van der Waals surface area (Å²) in [6.07, 6.45) is 7.05. The van der Waals surface area contributed by atoms with Crippen molar-refractivity contribution in [1.82, 2.24) is 5.32 Å². The Balaban J connectivity index is 2.36. The number of thiophene rings is 1. The van der Waals surface area contributed by atoms with E-state index in [2.05, 4.69) is 28.2 Å². The number of carbonyl (C=O) groups excluding carboxylic acids is 2. The van der Waals surface area contributed by atoms with E-state index in [4.69, 9.17) is 5.73 Å². The predicted octanol–water partition coefficient (Wildman–Crippen LogP) is 3.70. The fourth-order valence-electron chi connectivity index (χ4n) is 1.92. The van der Waals surface area contributed by atoms with Crippen LogP contribution in [0.15, 0.2) is 9.17 Å². The maximum atomic E-state index is 12.0. The Morgan fingerprint density at radius 2 is 1.90 bits per heavy atom. The third-order valence-electron chi connectivity index (χ3n) is 3.05. The summed E-state index contributed by atoms with van der Waals surface area (Å²) in [6, 6.07) is 0. The normalized spacial score (nSPS) is 10.5. The first-order chi connectivity index (χ1) is 9.57. The lowest BCUT2D eigenvalue weighted by Gasteiger charge is -2.06. The van der Waals surface area contributed by atoms with Gasteiger partial charge in [-0.25, -0.2) is 0 Å². The van der Waals surface area contributed by atoms with Crippen molar-refractivity contribution < 1.29 is 9.59 Å². The molecule has 3 N–H and O–H groups in total. The lowest BCUT2D eigenvalue weighted by molar-refractivity contribution is 0.0935. The maximum Gasteiger partial charge on any atom is 0.254 e. The number of rotatable bonds is 9. The molecular formula is C14H21BrN2O2S. The monoisotopic (exact) mass is 360 g/mol. The molecule has 0 fully saturated rings. The Morgan fingerprint density at radius 3 is 2.55 bits per heavy atom. The highest BCUT2D eigenvalue weighted by Gasteiger charge is 2.20. The van der Waals surface area contributed by atoms with Crippen LogP contribution in [0.3, 0.4) is 0 Å². The molecule has 4 nitrogen and oxygen atoms in total. The number of unbranched alkanes of at least 4 members (excludes halogenated alkanes) is 5. The number of primary amides is 1. The highest BCUT2D eigenvalue weighted by atomic mass is 79.9. The molecule has 0 aliphatic rings. The molecule has 0 aliphatic carbocycles. The zero-order chi connectivity index (χ0) is 15.0. The molecule has 1 heterocycles. The smallest absolute Gasteiger partial charge is 0.254 e. The summed E-state index contributed by atoms with van der Waals surface area (Å²) in [5, 5.41) is 4.45.